The predicted octanol–water partition coefficient (Wildman–Crippen LogP) is 1.15. The first kappa shape index (κ1) is 11.1. The fraction of sp³-hybridized carbons (Fsp3) is 0.0833. The van der Waals surface area contributed by atoms with Crippen molar-refractivity contribution in [1.82, 2.24) is 9.78 Å². The van der Waals surface area contributed by atoms with E-state index >= 15 is 0 Å². The molecule has 0 unspecified atom stereocenters. The van der Waals surface area contributed by atoms with Crippen molar-refractivity contribution in [2.75, 3.05) is 0 Å². The molecule has 0 fully saturated rings. The Balaban J connectivity index is 2.76. The number of aromatic carboxylic acids is 1. The Morgan fingerprint density at radius 2 is 1.94 bits per heavy atom. The number of rotatable bonds is 2. The zero-order valence-electron chi connectivity index (χ0n) is 9.12. The van der Waals surface area contributed by atoms with Gasteiger partial charge in [0.2, 0.25) is 0 Å². The van der Waals surface area contributed by atoms with Crippen molar-refractivity contribution in [1.29, 1.82) is 0 Å². The van der Waals surface area contributed by atoms with Crippen LogP contribution in [0.25, 0.3) is 11.1 Å². The van der Waals surface area contributed by atoms with Crippen molar-refractivity contribution in [3.8, 4) is 11.1 Å². The van der Waals surface area contributed by atoms with Gasteiger partial charge in [0.05, 0.1) is 6.20 Å². The van der Waals surface area contributed by atoms with E-state index in [-0.39, 0.29) is 5.56 Å². The van der Waals surface area contributed by atoms with Crippen molar-refractivity contribution >= 4 is 5.97 Å². The summed E-state index contributed by atoms with van der Waals surface area (Å²) in [7, 11) is 1.42. The van der Waals surface area contributed by atoms with Gasteiger partial charge in [-0.15, -0.1) is 0 Å². The standard InChI is InChI=1S/C12H10N2O3/c1-14-11(15)10(12(16)17)9(7-13-14)8-5-3-2-4-6-8/h2-7H,1H3,(H,16,17). The number of carboxylic acids is 1. The third kappa shape index (κ3) is 1.94. The van der Waals surface area contributed by atoms with E-state index < -0.39 is 11.5 Å². The molecular weight excluding hydrogens is 220 g/mol. The second-order valence-corrected chi connectivity index (χ2v) is 3.53. The highest BCUT2D eigenvalue weighted by molar-refractivity contribution is 5.95. The second kappa shape index (κ2) is 4.21. The molecule has 0 aliphatic heterocycles. The molecule has 5 heteroatoms. The smallest absolute Gasteiger partial charge is 0.342 e. The van der Waals surface area contributed by atoms with Crippen LogP contribution in [-0.4, -0.2) is 20.9 Å². The number of aromatic nitrogens is 2. The van der Waals surface area contributed by atoms with Crippen LogP contribution in [0.1, 0.15) is 10.4 Å². The van der Waals surface area contributed by atoms with E-state index in [2.05, 4.69) is 5.10 Å². The lowest BCUT2D eigenvalue weighted by Gasteiger charge is -2.06. The average molecular weight is 230 g/mol. The highest BCUT2D eigenvalue weighted by Gasteiger charge is 2.17. The van der Waals surface area contributed by atoms with Crippen LogP contribution in [0.5, 0.6) is 0 Å². The fourth-order valence-electron chi connectivity index (χ4n) is 1.58. The summed E-state index contributed by atoms with van der Waals surface area (Å²) in [5.74, 6) is -1.24. The van der Waals surface area contributed by atoms with Crippen LogP contribution < -0.4 is 5.56 Å². The first-order valence-electron chi connectivity index (χ1n) is 4.96. The van der Waals surface area contributed by atoms with Crippen molar-refractivity contribution in [2.45, 2.75) is 0 Å². The van der Waals surface area contributed by atoms with Gasteiger partial charge in [-0.1, -0.05) is 30.3 Å². The molecule has 0 amide bonds. The minimum absolute atomic E-state index is 0.256. The second-order valence-electron chi connectivity index (χ2n) is 3.53. The van der Waals surface area contributed by atoms with Crippen LogP contribution in [0.2, 0.25) is 0 Å². The lowest BCUT2D eigenvalue weighted by atomic mass is 10.0. The summed E-state index contributed by atoms with van der Waals surface area (Å²) < 4.78 is 1.01. The maximum atomic E-state index is 11.7. The lowest BCUT2D eigenvalue weighted by molar-refractivity contribution is 0.0694. The molecule has 1 heterocycles. The number of carbonyl (C=O) groups is 1. The summed E-state index contributed by atoms with van der Waals surface area (Å²) in [6.07, 6.45) is 1.39. The molecule has 0 saturated carbocycles. The molecule has 1 N–H and O–H groups in total. The van der Waals surface area contributed by atoms with Crippen LogP contribution in [0.15, 0.2) is 41.3 Å². The molecule has 5 nitrogen and oxygen atoms in total. The minimum Gasteiger partial charge on any atom is -0.477 e. The summed E-state index contributed by atoms with van der Waals surface area (Å²) in [5.41, 5.74) is 0.129. The van der Waals surface area contributed by atoms with Crippen molar-refractivity contribution < 1.29 is 9.90 Å². The maximum absolute atomic E-state index is 11.7. The van der Waals surface area contributed by atoms with E-state index in [1.165, 1.54) is 13.2 Å². The Morgan fingerprint density at radius 3 is 2.53 bits per heavy atom. The highest BCUT2D eigenvalue weighted by Crippen LogP contribution is 2.19. The van der Waals surface area contributed by atoms with E-state index in [4.69, 9.17) is 5.11 Å². The maximum Gasteiger partial charge on any atom is 0.342 e. The molecule has 0 aliphatic rings. The van der Waals surface area contributed by atoms with Crippen LogP contribution >= 0.6 is 0 Å². The first-order valence-corrected chi connectivity index (χ1v) is 4.96. The Morgan fingerprint density at radius 1 is 1.29 bits per heavy atom. The van der Waals surface area contributed by atoms with Gasteiger partial charge in [0.1, 0.15) is 5.56 Å². The molecule has 0 saturated heterocycles. The van der Waals surface area contributed by atoms with Crippen molar-refractivity contribution in [3.05, 3.63) is 52.4 Å². The Bertz CT molecular complexity index is 617. The van der Waals surface area contributed by atoms with Gasteiger partial charge >= 0.3 is 5.97 Å². The molecule has 0 aliphatic carbocycles. The zero-order chi connectivity index (χ0) is 12.4. The third-order valence-corrected chi connectivity index (χ3v) is 2.44. The number of nitrogens with zero attached hydrogens (tertiary/aromatic N) is 2. The average Bonchev–Trinajstić information content (AvgIpc) is 2.33. The van der Waals surface area contributed by atoms with E-state index in [0.29, 0.717) is 11.1 Å². The van der Waals surface area contributed by atoms with Gasteiger partial charge < -0.3 is 5.11 Å². The molecule has 17 heavy (non-hydrogen) atoms. The predicted molar refractivity (Wildman–Crippen MR) is 61.9 cm³/mol. The van der Waals surface area contributed by atoms with Gasteiger partial charge in [-0.05, 0) is 5.56 Å². The Kier molecular flexibility index (Phi) is 2.74. The van der Waals surface area contributed by atoms with E-state index in [1.54, 1.807) is 24.3 Å². The Labute approximate surface area is 97.0 Å². The number of hydrogen-bond donors (Lipinski definition) is 1. The summed E-state index contributed by atoms with van der Waals surface area (Å²) >= 11 is 0. The van der Waals surface area contributed by atoms with E-state index in [1.807, 2.05) is 6.07 Å². The van der Waals surface area contributed by atoms with E-state index in [0.717, 1.165) is 4.68 Å². The minimum atomic E-state index is -1.24. The molecule has 1 aromatic carbocycles. The van der Waals surface area contributed by atoms with Crippen molar-refractivity contribution in [2.24, 2.45) is 7.05 Å². The van der Waals surface area contributed by atoms with Crippen LogP contribution in [0.4, 0.5) is 0 Å². The highest BCUT2D eigenvalue weighted by atomic mass is 16.4. The number of aryl methyl sites for hydroxylation is 1. The first-order chi connectivity index (χ1) is 8.11. The lowest BCUT2D eigenvalue weighted by Crippen LogP contribution is -2.27. The van der Waals surface area contributed by atoms with Gasteiger partial charge in [0.15, 0.2) is 0 Å². The van der Waals surface area contributed by atoms with Gasteiger partial charge in [-0.25, -0.2) is 9.48 Å². The largest absolute Gasteiger partial charge is 0.477 e. The summed E-state index contributed by atoms with van der Waals surface area (Å²) in [4.78, 5) is 22.9. The van der Waals surface area contributed by atoms with Gasteiger partial charge in [-0.3, -0.25) is 4.79 Å². The summed E-state index contributed by atoms with van der Waals surface area (Å²) in [5, 5.41) is 12.9. The molecule has 0 atom stereocenters. The topological polar surface area (TPSA) is 72.2 Å². The summed E-state index contributed by atoms with van der Waals surface area (Å²) in [6.45, 7) is 0. The van der Waals surface area contributed by atoms with Crippen LogP contribution in [-0.2, 0) is 7.05 Å². The molecule has 86 valence electrons. The van der Waals surface area contributed by atoms with E-state index in [9.17, 15) is 9.59 Å². The third-order valence-electron chi connectivity index (χ3n) is 2.44. The number of carboxylic acid groups (broad SMARTS) is 1. The number of hydrogen-bond acceptors (Lipinski definition) is 3. The molecule has 1 aromatic heterocycles. The quantitative estimate of drug-likeness (QED) is 0.839. The summed E-state index contributed by atoms with van der Waals surface area (Å²) in [6, 6.07) is 8.85. The Hall–Kier alpha value is -2.43. The molecular formula is C12H10N2O3. The van der Waals surface area contributed by atoms with Crippen molar-refractivity contribution in [3.63, 3.8) is 0 Å². The van der Waals surface area contributed by atoms with Gasteiger partial charge in [0.25, 0.3) is 5.56 Å². The van der Waals surface area contributed by atoms with Gasteiger partial charge in [0, 0.05) is 12.6 Å². The monoisotopic (exact) mass is 230 g/mol. The number of benzene rings is 1. The molecule has 0 spiro atoms. The molecule has 2 aromatic rings. The van der Waals surface area contributed by atoms with Gasteiger partial charge in [-0.2, -0.15) is 5.10 Å². The van der Waals surface area contributed by atoms with Crippen LogP contribution in [0, 0.1) is 0 Å². The SMILES string of the molecule is Cn1ncc(-c2ccccc2)c(C(=O)O)c1=O. The molecule has 2 rings (SSSR count). The molecule has 0 radical (unpaired) electrons. The molecule has 0 bridgehead atoms. The fourth-order valence-corrected chi connectivity index (χ4v) is 1.58. The normalized spacial score (nSPS) is 10.2. The van der Waals surface area contributed by atoms with Crippen LogP contribution in [0.3, 0.4) is 0 Å². The zero-order valence-corrected chi connectivity index (χ0v) is 9.12.